The molecule has 27 heavy (non-hydrogen) atoms. The van der Waals surface area contributed by atoms with E-state index in [0.29, 0.717) is 30.4 Å². The van der Waals surface area contributed by atoms with E-state index in [1.807, 2.05) is 0 Å². The Morgan fingerprint density at radius 1 is 1.26 bits per heavy atom. The number of hydrogen-bond acceptors (Lipinski definition) is 2. The Kier molecular flexibility index (Phi) is 7.57. The molecule has 2 amide bonds. The molecule has 1 aliphatic rings. The van der Waals surface area contributed by atoms with Gasteiger partial charge in [-0.2, -0.15) is 0 Å². The van der Waals surface area contributed by atoms with E-state index in [4.69, 9.17) is 0 Å². The van der Waals surface area contributed by atoms with Gasteiger partial charge in [-0.3, -0.25) is 9.59 Å². The van der Waals surface area contributed by atoms with Gasteiger partial charge < -0.3 is 10.2 Å². The van der Waals surface area contributed by atoms with Gasteiger partial charge in [0.15, 0.2) is 0 Å². The summed E-state index contributed by atoms with van der Waals surface area (Å²) in [5.74, 6) is 0.188. The number of amides is 2. The molecule has 0 saturated carbocycles. The summed E-state index contributed by atoms with van der Waals surface area (Å²) >= 11 is 0. The minimum atomic E-state index is -0.464. The predicted octanol–water partition coefficient (Wildman–Crippen LogP) is 4.02. The highest BCUT2D eigenvalue weighted by Gasteiger charge is 2.36. The zero-order valence-corrected chi connectivity index (χ0v) is 16.7. The summed E-state index contributed by atoms with van der Waals surface area (Å²) in [7, 11) is 0. The maximum Gasteiger partial charge on any atom is 0.247 e. The minimum absolute atomic E-state index is 0.0430. The van der Waals surface area contributed by atoms with Crippen LogP contribution in [0.1, 0.15) is 52.5 Å². The lowest BCUT2D eigenvalue weighted by Gasteiger charge is -2.40. The molecule has 1 heterocycles. The summed E-state index contributed by atoms with van der Waals surface area (Å²) in [4.78, 5) is 27.2. The van der Waals surface area contributed by atoms with Crippen molar-refractivity contribution in [3.63, 3.8) is 0 Å². The maximum atomic E-state index is 13.8. The third-order valence-electron chi connectivity index (χ3n) is 4.81. The molecule has 0 spiro atoms. The smallest absolute Gasteiger partial charge is 0.247 e. The van der Waals surface area contributed by atoms with E-state index in [1.165, 1.54) is 18.2 Å². The number of nitrogens with zero attached hydrogens (tertiary/aromatic N) is 1. The molecule has 5 heteroatoms. The van der Waals surface area contributed by atoms with Crippen LogP contribution in [0.2, 0.25) is 0 Å². The van der Waals surface area contributed by atoms with Gasteiger partial charge >= 0.3 is 0 Å². The summed E-state index contributed by atoms with van der Waals surface area (Å²) in [5.41, 5.74) is 0.366. The number of rotatable bonds is 7. The zero-order valence-electron chi connectivity index (χ0n) is 16.7. The van der Waals surface area contributed by atoms with E-state index < -0.39 is 6.04 Å². The van der Waals surface area contributed by atoms with Gasteiger partial charge in [0.05, 0.1) is 0 Å². The highest BCUT2D eigenvalue weighted by molar-refractivity contribution is 5.96. The molecular weight excluding hydrogens is 343 g/mol. The predicted molar refractivity (Wildman–Crippen MR) is 106 cm³/mol. The average Bonchev–Trinajstić information content (AvgIpc) is 2.58. The lowest BCUT2D eigenvalue weighted by atomic mass is 9.95. The molecule has 1 aromatic carbocycles. The molecule has 0 aliphatic carbocycles. The van der Waals surface area contributed by atoms with E-state index >= 15 is 0 Å². The van der Waals surface area contributed by atoms with Gasteiger partial charge in [0, 0.05) is 24.2 Å². The molecule has 2 unspecified atom stereocenters. The zero-order chi connectivity index (χ0) is 20.0. The van der Waals surface area contributed by atoms with Crippen LogP contribution in [0.25, 0.3) is 6.08 Å². The summed E-state index contributed by atoms with van der Waals surface area (Å²) in [6.45, 7) is 8.90. The quantitative estimate of drug-likeness (QED) is 0.733. The van der Waals surface area contributed by atoms with Crippen molar-refractivity contribution in [3.8, 4) is 0 Å². The van der Waals surface area contributed by atoms with Crippen molar-refractivity contribution in [3.05, 3.63) is 41.7 Å². The number of carbonyl (C=O) groups excluding carboxylic acids is 2. The molecule has 1 fully saturated rings. The topological polar surface area (TPSA) is 49.4 Å². The van der Waals surface area contributed by atoms with Gasteiger partial charge in [-0.15, -0.1) is 0 Å². The van der Waals surface area contributed by atoms with E-state index in [0.717, 1.165) is 12.8 Å². The molecule has 4 nitrogen and oxygen atoms in total. The minimum Gasteiger partial charge on any atom is -0.350 e. The van der Waals surface area contributed by atoms with E-state index in [1.54, 1.807) is 23.1 Å². The SMILES string of the molecule is CC(C)CCC1C(=O)NC(CC(C)C)CN1C(=O)C=Cc1ccccc1F. The number of carbonyl (C=O) groups is 2. The average molecular weight is 374 g/mol. The Bertz CT molecular complexity index is 685. The van der Waals surface area contributed by atoms with Crippen LogP contribution in [-0.2, 0) is 9.59 Å². The van der Waals surface area contributed by atoms with Gasteiger partial charge in [0.25, 0.3) is 0 Å². The second kappa shape index (κ2) is 9.67. The summed E-state index contributed by atoms with van der Waals surface area (Å²) in [6, 6.07) is 5.82. The fourth-order valence-electron chi connectivity index (χ4n) is 3.44. The van der Waals surface area contributed by atoms with Crippen LogP contribution in [0.4, 0.5) is 4.39 Å². The van der Waals surface area contributed by atoms with Crippen molar-refractivity contribution in [2.24, 2.45) is 11.8 Å². The van der Waals surface area contributed by atoms with Crippen LogP contribution in [0.3, 0.4) is 0 Å². The number of piperazine rings is 1. The van der Waals surface area contributed by atoms with Gasteiger partial charge in [-0.25, -0.2) is 4.39 Å². The third kappa shape index (κ3) is 6.19. The second-order valence-electron chi connectivity index (χ2n) is 8.17. The number of nitrogens with one attached hydrogen (secondary N) is 1. The lowest BCUT2D eigenvalue weighted by Crippen LogP contribution is -2.61. The van der Waals surface area contributed by atoms with Crippen LogP contribution >= 0.6 is 0 Å². The lowest BCUT2D eigenvalue weighted by molar-refractivity contribution is -0.142. The summed E-state index contributed by atoms with van der Waals surface area (Å²) < 4.78 is 13.8. The summed E-state index contributed by atoms with van der Waals surface area (Å²) in [5, 5.41) is 3.07. The number of halogens is 1. The van der Waals surface area contributed by atoms with Crippen LogP contribution in [0.5, 0.6) is 0 Å². The van der Waals surface area contributed by atoms with Crippen molar-refractivity contribution < 1.29 is 14.0 Å². The van der Waals surface area contributed by atoms with E-state index in [9.17, 15) is 14.0 Å². The van der Waals surface area contributed by atoms with Gasteiger partial charge in [0.2, 0.25) is 11.8 Å². The molecule has 2 rings (SSSR count). The highest BCUT2D eigenvalue weighted by Crippen LogP contribution is 2.20. The first kappa shape index (κ1) is 21.1. The van der Waals surface area contributed by atoms with Crippen LogP contribution in [-0.4, -0.2) is 35.3 Å². The van der Waals surface area contributed by atoms with Crippen LogP contribution in [0, 0.1) is 17.7 Å². The first-order valence-corrected chi connectivity index (χ1v) is 9.81. The van der Waals surface area contributed by atoms with Crippen molar-refractivity contribution >= 4 is 17.9 Å². The van der Waals surface area contributed by atoms with Gasteiger partial charge in [0.1, 0.15) is 11.9 Å². The highest BCUT2D eigenvalue weighted by atomic mass is 19.1. The van der Waals surface area contributed by atoms with Crippen molar-refractivity contribution in [1.82, 2.24) is 10.2 Å². The van der Waals surface area contributed by atoms with Crippen LogP contribution in [0.15, 0.2) is 30.3 Å². The molecule has 1 saturated heterocycles. The molecule has 1 N–H and O–H groups in total. The third-order valence-corrected chi connectivity index (χ3v) is 4.81. The molecule has 0 radical (unpaired) electrons. The second-order valence-corrected chi connectivity index (χ2v) is 8.17. The van der Waals surface area contributed by atoms with Crippen molar-refractivity contribution in [1.29, 1.82) is 0 Å². The fraction of sp³-hybridized carbons (Fsp3) is 0.545. The largest absolute Gasteiger partial charge is 0.350 e. The Morgan fingerprint density at radius 3 is 2.59 bits per heavy atom. The van der Waals surface area contributed by atoms with Crippen molar-refractivity contribution in [2.45, 2.75) is 59.0 Å². The Labute approximate surface area is 161 Å². The number of benzene rings is 1. The van der Waals surface area contributed by atoms with Crippen LogP contribution < -0.4 is 5.32 Å². The Balaban J connectivity index is 2.18. The monoisotopic (exact) mass is 374 g/mol. The molecule has 1 aliphatic heterocycles. The molecule has 148 valence electrons. The molecule has 0 aromatic heterocycles. The maximum absolute atomic E-state index is 13.8. The Hall–Kier alpha value is -2.17. The Morgan fingerprint density at radius 2 is 1.96 bits per heavy atom. The first-order chi connectivity index (χ1) is 12.8. The first-order valence-electron chi connectivity index (χ1n) is 9.81. The molecule has 2 atom stereocenters. The van der Waals surface area contributed by atoms with Gasteiger partial charge in [-0.05, 0) is 43.2 Å². The summed E-state index contributed by atoms with van der Waals surface area (Å²) in [6.07, 6.45) is 5.20. The van der Waals surface area contributed by atoms with E-state index in [-0.39, 0.29) is 23.7 Å². The van der Waals surface area contributed by atoms with E-state index in [2.05, 4.69) is 33.0 Å². The normalized spacial score (nSPS) is 20.6. The standard InChI is InChI=1S/C22H31FN2O2/c1-15(2)9-11-20-22(27)24-18(13-16(3)4)14-25(20)21(26)12-10-17-7-5-6-8-19(17)23/h5-8,10,12,15-16,18,20H,9,11,13-14H2,1-4H3,(H,24,27). The van der Waals surface area contributed by atoms with Gasteiger partial charge in [-0.1, -0.05) is 45.9 Å². The molecule has 1 aromatic rings. The van der Waals surface area contributed by atoms with Crippen molar-refractivity contribution in [2.75, 3.05) is 6.54 Å². The number of hydrogen-bond donors (Lipinski definition) is 1. The molecular formula is C22H31FN2O2. The fourth-order valence-corrected chi connectivity index (χ4v) is 3.44. The molecule has 0 bridgehead atoms.